The zero-order chi connectivity index (χ0) is 18.6. The quantitative estimate of drug-likeness (QED) is 0.884. The first-order chi connectivity index (χ1) is 11.8. The maximum absolute atomic E-state index is 12.0. The van der Waals surface area contributed by atoms with Crippen LogP contribution in [0.1, 0.15) is 21.5 Å². The molecule has 0 atom stereocenters. The Hall–Kier alpha value is -2.53. The minimum absolute atomic E-state index is 0.113. The largest absolute Gasteiger partial charge is 0.484 e. The molecule has 0 aliphatic rings. The second-order valence-electron chi connectivity index (χ2n) is 5.98. The van der Waals surface area contributed by atoms with E-state index < -0.39 is 0 Å². The highest BCUT2D eigenvalue weighted by molar-refractivity contribution is 6.34. The third-order valence-corrected chi connectivity index (χ3v) is 4.05. The summed E-state index contributed by atoms with van der Waals surface area (Å²) in [5, 5.41) is 2.98. The maximum atomic E-state index is 12.0. The molecule has 0 saturated heterocycles. The smallest absolute Gasteiger partial charge is 0.262 e. The van der Waals surface area contributed by atoms with Crippen LogP contribution in [0.2, 0.25) is 5.02 Å². The molecule has 2 rings (SSSR count). The number of nitrogens with zero attached hydrogens (tertiary/aromatic N) is 1. The molecule has 5 nitrogen and oxygen atoms in total. The number of hydrogen-bond acceptors (Lipinski definition) is 3. The number of amides is 2. The summed E-state index contributed by atoms with van der Waals surface area (Å²) in [6.45, 7) is 3.89. The Bertz CT molecular complexity index is 803. The molecule has 0 aliphatic carbocycles. The van der Waals surface area contributed by atoms with Gasteiger partial charge in [0.15, 0.2) is 6.61 Å². The molecule has 0 unspecified atom stereocenters. The molecule has 0 aliphatic heterocycles. The minimum Gasteiger partial charge on any atom is -0.484 e. The van der Waals surface area contributed by atoms with Gasteiger partial charge in [-0.05, 0) is 55.3 Å². The first kappa shape index (κ1) is 18.8. The molecule has 2 amide bonds. The lowest BCUT2D eigenvalue weighted by Crippen LogP contribution is -2.22. The molecule has 0 spiro atoms. The van der Waals surface area contributed by atoms with E-state index in [4.69, 9.17) is 16.3 Å². The average Bonchev–Trinajstić information content (AvgIpc) is 2.55. The van der Waals surface area contributed by atoms with Crippen LogP contribution in [0.15, 0.2) is 36.4 Å². The fourth-order valence-corrected chi connectivity index (χ4v) is 2.42. The van der Waals surface area contributed by atoms with E-state index in [9.17, 15) is 9.59 Å². The van der Waals surface area contributed by atoms with Gasteiger partial charge in [-0.3, -0.25) is 9.59 Å². The van der Waals surface area contributed by atoms with Gasteiger partial charge in [-0.15, -0.1) is 0 Å². The molecule has 2 aromatic carbocycles. The van der Waals surface area contributed by atoms with Crippen LogP contribution in [0.4, 0.5) is 5.69 Å². The van der Waals surface area contributed by atoms with Gasteiger partial charge < -0.3 is 15.0 Å². The van der Waals surface area contributed by atoms with Crippen molar-refractivity contribution in [3.05, 3.63) is 58.1 Å². The Labute approximate surface area is 152 Å². The molecule has 1 N–H and O–H groups in total. The highest BCUT2D eigenvalue weighted by Gasteiger charge is 2.13. The molecule has 0 fully saturated rings. The molecule has 6 heteroatoms. The van der Waals surface area contributed by atoms with Gasteiger partial charge in [0.25, 0.3) is 11.8 Å². The number of anilines is 1. The third-order valence-electron chi connectivity index (χ3n) is 3.74. The zero-order valence-corrected chi connectivity index (χ0v) is 15.5. The van der Waals surface area contributed by atoms with Crippen LogP contribution >= 0.6 is 11.6 Å². The van der Waals surface area contributed by atoms with E-state index >= 15 is 0 Å². The molecule has 132 valence electrons. The van der Waals surface area contributed by atoms with Crippen LogP contribution < -0.4 is 10.1 Å². The Balaban J connectivity index is 1.97. The number of aryl methyl sites for hydroxylation is 2. The van der Waals surface area contributed by atoms with Crippen LogP contribution in [0.5, 0.6) is 5.75 Å². The molecule has 2 aromatic rings. The summed E-state index contributed by atoms with van der Waals surface area (Å²) in [5.41, 5.74) is 3.16. The van der Waals surface area contributed by atoms with Gasteiger partial charge in [0.05, 0.1) is 10.6 Å². The van der Waals surface area contributed by atoms with E-state index in [2.05, 4.69) is 5.32 Å². The first-order valence-corrected chi connectivity index (χ1v) is 8.17. The van der Waals surface area contributed by atoms with E-state index in [1.807, 2.05) is 32.0 Å². The van der Waals surface area contributed by atoms with Crippen LogP contribution in [0, 0.1) is 13.8 Å². The van der Waals surface area contributed by atoms with Crippen LogP contribution in [0.3, 0.4) is 0 Å². The molecule has 0 aromatic heterocycles. The van der Waals surface area contributed by atoms with Crippen LogP contribution in [0.25, 0.3) is 0 Å². The molecule has 0 heterocycles. The molecular formula is C19H21ClN2O3. The number of ether oxygens (including phenoxy) is 1. The number of rotatable bonds is 5. The highest BCUT2D eigenvalue weighted by Crippen LogP contribution is 2.22. The van der Waals surface area contributed by atoms with Crippen LogP contribution in [-0.2, 0) is 4.79 Å². The fraction of sp³-hybridized carbons (Fsp3) is 0.263. The van der Waals surface area contributed by atoms with Gasteiger partial charge in [0.1, 0.15) is 5.75 Å². The summed E-state index contributed by atoms with van der Waals surface area (Å²) >= 11 is 6.13. The predicted octanol–water partition coefficient (Wildman–Crippen LogP) is 3.68. The minimum atomic E-state index is -0.305. The van der Waals surface area contributed by atoms with Gasteiger partial charge in [-0.1, -0.05) is 17.7 Å². The monoisotopic (exact) mass is 360 g/mol. The number of benzene rings is 2. The van der Waals surface area contributed by atoms with Crippen molar-refractivity contribution in [2.75, 3.05) is 26.0 Å². The summed E-state index contributed by atoms with van der Waals surface area (Å²) in [4.78, 5) is 25.4. The molecule has 25 heavy (non-hydrogen) atoms. The Morgan fingerprint density at radius 2 is 1.80 bits per heavy atom. The second-order valence-corrected chi connectivity index (χ2v) is 6.38. The van der Waals surface area contributed by atoms with Crippen molar-refractivity contribution in [2.24, 2.45) is 0 Å². The zero-order valence-electron chi connectivity index (χ0n) is 14.7. The van der Waals surface area contributed by atoms with E-state index in [1.54, 1.807) is 32.3 Å². The van der Waals surface area contributed by atoms with Gasteiger partial charge in [-0.25, -0.2) is 0 Å². The number of nitrogens with one attached hydrogen (secondary N) is 1. The van der Waals surface area contributed by atoms with E-state index in [-0.39, 0.29) is 23.4 Å². The van der Waals surface area contributed by atoms with Gasteiger partial charge in [0, 0.05) is 19.8 Å². The lowest BCUT2D eigenvalue weighted by Gasteiger charge is -2.13. The molecule has 0 radical (unpaired) electrons. The Kier molecular flexibility index (Phi) is 6.04. The highest BCUT2D eigenvalue weighted by atomic mass is 35.5. The van der Waals surface area contributed by atoms with Crippen molar-refractivity contribution in [2.45, 2.75) is 13.8 Å². The normalized spacial score (nSPS) is 10.3. The second kappa shape index (κ2) is 8.03. The first-order valence-electron chi connectivity index (χ1n) is 7.79. The summed E-state index contributed by atoms with van der Waals surface area (Å²) in [6.07, 6.45) is 0. The summed E-state index contributed by atoms with van der Waals surface area (Å²) in [6, 6.07) is 10.4. The fourth-order valence-electron chi connectivity index (χ4n) is 2.16. The van der Waals surface area contributed by atoms with Crippen molar-refractivity contribution >= 4 is 29.1 Å². The van der Waals surface area contributed by atoms with Crippen molar-refractivity contribution in [1.82, 2.24) is 4.90 Å². The SMILES string of the molecule is Cc1ccc(OCC(=O)Nc2ccc(C(=O)N(C)C)c(Cl)c2)cc1C. The lowest BCUT2D eigenvalue weighted by molar-refractivity contribution is -0.118. The Morgan fingerprint density at radius 1 is 1.08 bits per heavy atom. The number of carbonyl (C=O) groups is 2. The van der Waals surface area contributed by atoms with Crippen molar-refractivity contribution in [1.29, 1.82) is 0 Å². The van der Waals surface area contributed by atoms with Gasteiger partial charge in [0.2, 0.25) is 0 Å². The van der Waals surface area contributed by atoms with E-state index in [0.29, 0.717) is 17.0 Å². The molecule has 0 saturated carbocycles. The summed E-state index contributed by atoms with van der Waals surface area (Å²) in [7, 11) is 3.30. The number of carbonyl (C=O) groups excluding carboxylic acids is 2. The number of hydrogen-bond donors (Lipinski definition) is 1. The predicted molar refractivity (Wildman–Crippen MR) is 99.5 cm³/mol. The number of halogens is 1. The Morgan fingerprint density at radius 3 is 2.40 bits per heavy atom. The van der Waals surface area contributed by atoms with Gasteiger partial charge in [-0.2, -0.15) is 0 Å². The summed E-state index contributed by atoms with van der Waals surface area (Å²) in [5.74, 6) is 0.144. The maximum Gasteiger partial charge on any atom is 0.262 e. The average molecular weight is 361 g/mol. The van der Waals surface area contributed by atoms with Crippen LogP contribution in [-0.4, -0.2) is 37.4 Å². The van der Waals surface area contributed by atoms with Crippen molar-refractivity contribution in [3.8, 4) is 5.75 Å². The van der Waals surface area contributed by atoms with E-state index in [0.717, 1.165) is 5.56 Å². The molecule has 0 bridgehead atoms. The van der Waals surface area contributed by atoms with E-state index in [1.165, 1.54) is 10.5 Å². The van der Waals surface area contributed by atoms with Crippen molar-refractivity contribution < 1.29 is 14.3 Å². The lowest BCUT2D eigenvalue weighted by atomic mass is 10.1. The summed E-state index contributed by atoms with van der Waals surface area (Å²) < 4.78 is 5.49. The topological polar surface area (TPSA) is 58.6 Å². The van der Waals surface area contributed by atoms with Crippen molar-refractivity contribution in [3.63, 3.8) is 0 Å². The standard InChI is InChI=1S/C19H21ClN2O3/c1-12-5-7-15(9-13(12)2)25-11-18(23)21-14-6-8-16(17(20)10-14)19(24)22(3)4/h5-10H,11H2,1-4H3,(H,21,23). The molecular weight excluding hydrogens is 340 g/mol. The van der Waals surface area contributed by atoms with Gasteiger partial charge >= 0.3 is 0 Å². The third kappa shape index (κ3) is 4.97.